The van der Waals surface area contributed by atoms with Crippen LogP contribution in [-0.2, 0) is 0 Å². The lowest BCUT2D eigenvalue weighted by atomic mass is 10.1. The zero-order valence-electron chi connectivity index (χ0n) is 8.89. The molecule has 1 aromatic heterocycles. The van der Waals surface area contributed by atoms with Crippen molar-refractivity contribution in [1.82, 2.24) is 0 Å². The van der Waals surface area contributed by atoms with Crippen LogP contribution in [0.4, 0.5) is 0 Å². The number of allylic oxidation sites excluding steroid dienone is 4. The van der Waals surface area contributed by atoms with Crippen molar-refractivity contribution < 1.29 is 4.24 Å². The summed E-state index contributed by atoms with van der Waals surface area (Å²) in [6.07, 6.45) is 9.53. The van der Waals surface area contributed by atoms with E-state index in [4.69, 9.17) is 0 Å². The first kappa shape index (κ1) is 9.55. The molecular formula is C14H12NS+. The van der Waals surface area contributed by atoms with E-state index in [-0.39, 0.29) is 0 Å². The third kappa shape index (κ3) is 1.42. The van der Waals surface area contributed by atoms with Gasteiger partial charge in [-0.05, 0) is 12.5 Å². The van der Waals surface area contributed by atoms with Gasteiger partial charge in [-0.25, -0.2) is 0 Å². The van der Waals surface area contributed by atoms with Crippen LogP contribution in [0.2, 0.25) is 0 Å². The molecule has 1 aliphatic carbocycles. The number of aromatic nitrogens is 1. The lowest BCUT2D eigenvalue weighted by molar-refractivity contribution is -0.477. The number of para-hydroxylation sites is 1. The molecule has 16 heavy (non-hydrogen) atoms. The Hall–Kier alpha value is -1.67. The lowest BCUT2D eigenvalue weighted by Crippen LogP contribution is -2.32. The van der Waals surface area contributed by atoms with Crippen molar-refractivity contribution >= 4 is 27.1 Å². The molecule has 0 saturated carbocycles. The van der Waals surface area contributed by atoms with Gasteiger partial charge in [-0.3, -0.25) is 0 Å². The third-order valence-corrected chi connectivity index (χ3v) is 4.01. The van der Waals surface area contributed by atoms with Crippen LogP contribution in [0.1, 0.15) is 6.42 Å². The summed E-state index contributed by atoms with van der Waals surface area (Å²) >= 11 is 1.81. The fraction of sp³-hybridized carbons (Fsp3) is 0.0714. The number of thiazole rings is 1. The van der Waals surface area contributed by atoms with Crippen LogP contribution in [0.5, 0.6) is 0 Å². The minimum atomic E-state index is 0.999. The van der Waals surface area contributed by atoms with Gasteiger partial charge in [-0.1, -0.05) is 47.8 Å². The van der Waals surface area contributed by atoms with Crippen LogP contribution < -0.4 is 8.91 Å². The van der Waals surface area contributed by atoms with E-state index in [0.29, 0.717) is 0 Å². The highest BCUT2D eigenvalue weighted by Gasteiger charge is 2.10. The second kappa shape index (κ2) is 3.72. The van der Waals surface area contributed by atoms with Gasteiger partial charge in [0.05, 0.1) is 0 Å². The van der Waals surface area contributed by atoms with Crippen molar-refractivity contribution in [2.24, 2.45) is 0 Å². The zero-order chi connectivity index (χ0) is 11.0. The highest BCUT2D eigenvalue weighted by atomic mass is 32.1. The van der Waals surface area contributed by atoms with E-state index in [1.54, 1.807) is 0 Å². The minimum absolute atomic E-state index is 0.999. The first-order chi connectivity index (χ1) is 7.86. The number of nitrogens with zero attached hydrogens (tertiary/aromatic N) is 1. The Bertz CT molecular complexity index is 704. The Balaban J connectivity index is 2.41. The van der Waals surface area contributed by atoms with Crippen LogP contribution in [0.15, 0.2) is 48.6 Å². The molecule has 78 valence electrons. The Labute approximate surface area is 98.0 Å². The Morgan fingerprint density at radius 1 is 1.19 bits per heavy atom. The molecule has 0 amide bonds. The number of hydrogen-bond acceptors (Lipinski definition) is 1. The molecule has 0 radical (unpaired) electrons. The zero-order valence-corrected chi connectivity index (χ0v) is 9.70. The molecule has 1 aliphatic rings. The SMILES string of the molecule is C=[n+]1/c(=C2\C=CC=CC2)sc2ccccc21. The minimum Gasteiger partial charge on any atom is -0.157 e. The van der Waals surface area contributed by atoms with Gasteiger partial charge in [-0.15, -0.1) is 0 Å². The summed E-state index contributed by atoms with van der Waals surface area (Å²) in [5.74, 6) is 0. The number of hydrogen-bond donors (Lipinski definition) is 0. The van der Waals surface area contributed by atoms with Crippen molar-refractivity contribution in [3.8, 4) is 0 Å². The topological polar surface area (TPSA) is 5.90 Å². The highest BCUT2D eigenvalue weighted by molar-refractivity contribution is 7.16. The third-order valence-electron chi connectivity index (χ3n) is 2.76. The molecule has 0 saturated heterocycles. The van der Waals surface area contributed by atoms with Gasteiger partial charge in [0, 0.05) is 11.6 Å². The monoisotopic (exact) mass is 226 g/mol. The number of benzene rings is 1. The van der Waals surface area contributed by atoms with Crippen molar-refractivity contribution in [3.63, 3.8) is 0 Å². The molecule has 3 rings (SSSR count). The maximum Gasteiger partial charge on any atom is 0.271 e. The van der Waals surface area contributed by atoms with Gasteiger partial charge in [0.2, 0.25) is 5.52 Å². The lowest BCUT2D eigenvalue weighted by Gasteiger charge is -1.95. The first-order valence-electron chi connectivity index (χ1n) is 5.30. The van der Waals surface area contributed by atoms with Crippen LogP contribution in [0.3, 0.4) is 0 Å². The Morgan fingerprint density at radius 3 is 2.81 bits per heavy atom. The average molecular weight is 226 g/mol. The molecule has 1 heterocycles. The molecule has 0 bridgehead atoms. The number of fused-ring (bicyclic) bond motifs is 1. The molecule has 0 atom stereocenters. The molecule has 0 spiro atoms. The van der Waals surface area contributed by atoms with Gasteiger partial charge in [-0.2, -0.15) is 4.24 Å². The molecule has 1 nitrogen and oxygen atoms in total. The van der Waals surface area contributed by atoms with E-state index >= 15 is 0 Å². The van der Waals surface area contributed by atoms with E-state index in [2.05, 4.69) is 55.3 Å². The summed E-state index contributed by atoms with van der Waals surface area (Å²) in [6.45, 7) is 4.13. The van der Waals surface area contributed by atoms with Crippen molar-refractivity contribution in [2.75, 3.05) is 0 Å². The summed E-state index contributed by atoms with van der Waals surface area (Å²) < 4.78 is 4.59. The molecular weight excluding hydrogens is 214 g/mol. The normalized spacial score (nSPS) is 18.2. The molecule has 0 N–H and O–H groups in total. The van der Waals surface area contributed by atoms with Crippen LogP contribution in [-0.4, -0.2) is 0 Å². The van der Waals surface area contributed by atoms with Gasteiger partial charge in [0.25, 0.3) is 4.66 Å². The van der Waals surface area contributed by atoms with E-state index < -0.39 is 0 Å². The summed E-state index contributed by atoms with van der Waals surface area (Å²) in [5, 5.41) is 0. The molecule has 0 unspecified atom stereocenters. The number of rotatable bonds is 0. The maximum atomic E-state index is 4.13. The van der Waals surface area contributed by atoms with Crippen LogP contribution >= 0.6 is 11.3 Å². The van der Waals surface area contributed by atoms with Gasteiger partial charge >= 0.3 is 0 Å². The van der Waals surface area contributed by atoms with E-state index in [9.17, 15) is 0 Å². The standard InChI is InChI=1S/C14H12NS/c1-15-12-9-5-6-10-13(12)16-14(15)11-7-3-2-4-8-11/h2-7,9-10H,1,8H2/q+1/b14-11-. The largest absolute Gasteiger partial charge is 0.271 e. The summed E-state index contributed by atoms with van der Waals surface area (Å²) in [5.41, 5.74) is 2.55. The predicted octanol–water partition coefficient (Wildman–Crippen LogP) is 2.50. The molecule has 2 heteroatoms. The van der Waals surface area contributed by atoms with E-state index in [1.807, 2.05) is 15.6 Å². The summed E-state index contributed by atoms with van der Waals surface area (Å²) in [6, 6.07) is 8.39. The summed E-state index contributed by atoms with van der Waals surface area (Å²) in [4.78, 5) is 0. The van der Waals surface area contributed by atoms with E-state index in [0.717, 1.165) is 6.42 Å². The van der Waals surface area contributed by atoms with Gasteiger partial charge in [0.15, 0.2) is 0 Å². The predicted molar refractivity (Wildman–Crippen MR) is 68.7 cm³/mol. The maximum absolute atomic E-state index is 4.13. The van der Waals surface area contributed by atoms with Gasteiger partial charge in [0.1, 0.15) is 11.4 Å². The molecule has 1 aromatic carbocycles. The molecule has 0 fully saturated rings. The second-order valence-corrected chi connectivity index (χ2v) is 4.85. The van der Waals surface area contributed by atoms with Crippen molar-refractivity contribution in [1.29, 1.82) is 0 Å². The quantitative estimate of drug-likeness (QED) is 0.609. The van der Waals surface area contributed by atoms with Crippen LogP contribution in [0.25, 0.3) is 15.8 Å². The fourth-order valence-electron chi connectivity index (χ4n) is 1.95. The Kier molecular flexibility index (Phi) is 2.22. The molecule has 0 aliphatic heterocycles. The van der Waals surface area contributed by atoms with E-state index in [1.165, 1.54) is 20.5 Å². The average Bonchev–Trinajstić information content (AvgIpc) is 2.69. The Morgan fingerprint density at radius 2 is 2.06 bits per heavy atom. The van der Waals surface area contributed by atoms with Crippen molar-refractivity contribution in [3.05, 3.63) is 59.9 Å². The van der Waals surface area contributed by atoms with Gasteiger partial charge < -0.3 is 0 Å². The molecule has 2 aromatic rings. The second-order valence-electron chi connectivity index (χ2n) is 3.82. The first-order valence-corrected chi connectivity index (χ1v) is 6.12. The van der Waals surface area contributed by atoms with Crippen molar-refractivity contribution in [2.45, 2.75) is 6.42 Å². The fourth-order valence-corrected chi connectivity index (χ4v) is 3.07. The highest BCUT2D eigenvalue weighted by Crippen LogP contribution is 2.14. The smallest absolute Gasteiger partial charge is 0.157 e. The van der Waals surface area contributed by atoms with Crippen LogP contribution in [0, 0.1) is 6.72 Å². The summed E-state index contributed by atoms with van der Waals surface area (Å²) in [7, 11) is 0.